The van der Waals surface area contributed by atoms with Crippen molar-refractivity contribution in [3.8, 4) is 0 Å². The van der Waals surface area contributed by atoms with Crippen molar-refractivity contribution in [2.24, 2.45) is 0 Å². The fraction of sp³-hybridized carbons (Fsp3) is 1.00. The molecule has 0 radical (unpaired) electrons. The van der Waals surface area contributed by atoms with E-state index in [9.17, 15) is 0 Å². The molecule has 0 nitrogen and oxygen atoms in total. The van der Waals surface area contributed by atoms with Crippen LogP contribution in [0.4, 0.5) is 0 Å². The quantitative estimate of drug-likeness (QED) is 0.359. The molecule has 0 aliphatic carbocycles. The zero-order valence-electron chi connectivity index (χ0n) is 4.76. The maximum atomic E-state index is 1.41. The predicted octanol–water partition coefficient (Wildman–Crippen LogP) is -0.934. The van der Waals surface area contributed by atoms with E-state index in [-0.39, 0.29) is 0 Å². The number of rotatable bonds is 0. The van der Waals surface area contributed by atoms with Gasteiger partial charge in [-0.15, -0.1) is 0 Å². The van der Waals surface area contributed by atoms with Gasteiger partial charge in [-0.3, -0.25) is 0 Å². The summed E-state index contributed by atoms with van der Waals surface area (Å²) in [6.07, 6.45) is 0. The van der Waals surface area contributed by atoms with Crippen LogP contribution in [0, 0.1) is 0 Å². The topological polar surface area (TPSA) is 0 Å². The summed E-state index contributed by atoms with van der Waals surface area (Å²) in [5.74, 6) is 0. The van der Waals surface area contributed by atoms with Crippen molar-refractivity contribution in [3.05, 3.63) is 0 Å². The van der Waals surface area contributed by atoms with Crippen molar-refractivity contribution in [1.82, 2.24) is 0 Å². The second-order valence-corrected chi connectivity index (χ2v) is 35.4. The Balaban J connectivity index is 1.90. The van der Waals surface area contributed by atoms with E-state index < -0.39 is 0 Å². The Kier molecular flexibility index (Phi) is 2.83. The Hall–Kier alpha value is 3.12. The Morgan fingerprint density at radius 2 is 0.600 bits per heavy atom. The average molecular weight is 526 g/mol. The van der Waals surface area contributed by atoms with E-state index >= 15 is 0 Å². The fourth-order valence-corrected chi connectivity index (χ4v) is 86.8. The first kappa shape index (κ1) is 8.43. The SMILES string of the molecule is [Se]1C2[Se]C3[Se]C1[Se]C([Se]2)[Se]3. The molecule has 10 heavy (non-hydrogen) atoms. The number of hydrogen-bond acceptors (Lipinski definition) is 0. The minimum atomic E-state index is 1.20. The van der Waals surface area contributed by atoms with Gasteiger partial charge >= 0.3 is 100 Å². The molecule has 0 spiro atoms. The summed E-state index contributed by atoms with van der Waals surface area (Å²) in [7, 11) is 0. The molecule has 6 heteroatoms. The van der Waals surface area contributed by atoms with Crippen LogP contribution < -0.4 is 0 Å². The van der Waals surface area contributed by atoms with Crippen molar-refractivity contribution in [3.63, 3.8) is 0 Å². The molecular formula is C4H4Se6. The minimum absolute atomic E-state index is 1.20. The van der Waals surface area contributed by atoms with Crippen LogP contribution in [0.1, 0.15) is 0 Å². The molecule has 0 aromatic rings. The van der Waals surface area contributed by atoms with Gasteiger partial charge in [0.2, 0.25) is 0 Å². The molecule has 4 heterocycles. The third-order valence-electron chi connectivity index (χ3n) is 1.33. The van der Waals surface area contributed by atoms with Crippen LogP contribution in [-0.4, -0.2) is 89.7 Å². The molecule has 4 aliphatic rings. The van der Waals surface area contributed by atoms with E-state index in [4.69, 9.17) is 0 Å². The Labute approximate surface area is 98.5 Å². The third-order valence-corrected chi connectivity index (χ3v) is 36.0. The van der Waals surface area contributed by atoms with E-state index in [0.29, 0.717) is 0 Å². The van der Waals surface area contributed by atoms with E-state index in [1.807, 2.05) is 0 Å². The molecule has 4 rings (SSSR count). The van der Waals surface area contributed by atoms with Gasteiger partial charge in [0.25, 0.3) is 0 Å². The van der Waals surface area contributed by atoms with Gasteiger partial charge in [-0.2, -0.15) is 0 Å². The fourth-order valence-electron chi connectivity index (χ4n) is 0.929. The van der Waals surface area contributed by atoms with Gasteiger partial charge in [0.05, 0.1) is 0 Å². The maximum absolute atomic E-state index is 1.41. The molecule has 0 N–H and O–H groups in total. The van der Waals surface area contributed by atoms with Crippen molar-refractivity contribution in [2.45, 2.75) is 10.5 Å². The molecule has 0 saturated carbocycles. The Morgan fingerprint density at radius 1 is 0.400 bits per heavy atom. The summed E-state index contributed by atoms with van der Waals surface area (Å²) >= 11 is 7.19. The molecule has 0 aromatic carbocycles. The zero-order valence-corrected chi connectivity index (χ0v) is 15.0. The van der Waals surface area contributed by atoms with Gasteiger partial charge in [0.15, 0.2) is 0 Å². The summed E-state index contributed by atoms with van der Waals surface area (Å²) in [5.41, 5.74) is 0. The monoisotopic (exact) mass is 532 g/mol. The van der Waals surface area contributed by atoms with Crippen molar-refractivity contribution in [2.75, 3.05) is 0 Å². The van der Waals surface area contributed by atoms with E-state index in [1.165, 1.54) is 100 Å². The summed E-state index contributed by atoms with van der Waals surface area (Å²) in [4.78, 5) is 0. The normalized spacial score (nSPS) is 57.6. The van der Waals surface area contributed by atoms with E-state index in [0.717, 1.165) is 0 Å². The Morgan fingerprint density at radius 3 is 0.800 bits per heavy atom. The summed E-state index contributed by atoms with van der Waals surface area (Å²) in [6.45, 7) is 0. The molecule has 0 aromatic heterocycles. The van der Waals surface area contributed by atoms with Gasteiger partial charge in [-0.1, -0.05) is 0 Å². The predicted molar refractivity (Wildman–Crippen MR) is 49.5 cm³/mol. The molecule has 0 unspecified atom stereocenters. The van der Waals surface area contributed by atoms with E-state index in [2.05, 4.69) is 0 Å². The van der Waals surface area contributed by atoms with Crippen LogP contribution >= 0.6 is 0 Å². The first-order chi connectivity index (χ1) is 4.90. The molecule has 4 saturated heterocycles. The first-order valence-corrected chi connectivity index (χ1v) is 14.7. The van der Waals surface area contributed by atoms with Crippen LogP contribution in [0.15, 0.2) is 0 Å². The average Bonchev–Trinajstić information content (AvgIpc) is 1.82. The van der Waals surface area contributed by atoms with Gasteiger partial charge in [0, 0.05) is 0 Å². The molecular weight excluding hydrogens is 522 g/mol. The summed E-state index contributed by atoms with van der Waals surface area (Å²) in [6, 6.07) is 0. The number of hydrogen-bond donors (Lipinski definition) is 0. The van der Waals surface area contributed by atoms with Crippen molar-refractivity contribution < 1.29 is 0 Å². The third kappa shape index (κ3) is 1.55. The Bertz CT molecular complexity index is 101. The van der Waals surface area contributed by atoms with Crippen LogP contribution in [0.3, 0.4) is 0 Å². The second kappa shape index (κ2) is 3.36. The molecule has 4 fully saturated rings. The van der Waals surface area contributed by atoms with E-state index in [1.54, 1.807) is 0 Å². The summed E-state index contributed by atoms with van der Waals surface area (Å²) < 4.78 is 5.65. The van der Waals surface area contributed by atoms with Crippen molar-refractivity contribution >= 4 is 89.7 Å². The van der Waals surface area contributed by atoms with Crippen LogP contribution in [0.2, 0.25) is 10.5 Å². The second-order valence-electron chi connectivity index (χ2n) is 1.97. The zero-order chi connectivity index (χ0) is 6.55. The molecule has 0 amide bonds. The van der Waals surface area contributed by atoms with Crippen LogP contribution in [-0.2, 0) is 0 Å². The summed E-state index contributed by atoms with van der Waals surface area (Å²) in [5, 5.41) is 0. The van der Waals surface area contributed by atoms with Crippen molar-refractivity contribution in [1.29, 1.82) is 0 Å². The molecule has 0 atom stereocenters. The molecule has 56 valence electrons. The van der Waals surface area contributed by atoms with Crippen LogP contribution in [0.25, 0.3) is 0 Å². The first-order valence-electron chi connectivity index (χ1n) is 2.83. The van der Waals surface area contributed by atoms with Crippen LogP contribution in [0.5, 0.6) is 0 Å². The van der Waals surface area contributed by atoms with Gasteiger partial charge < -0.3 is 0 Å². The molecule has 4 bridgehead atoms. The van der Waals surface area contributed by atoms with Gasteiger partial charge in [0.1, 0.15) is 0 Å². The van der Waals surface area contributed by atoms with Gasteiger partial charge in [-0.05, 0) is 0 Å². The van der Waals surface area contributed by atoms with Gasteiger partial charge in [-0.25, -0.2) is 0 Å². The standard InChI is InChI=1S/C4H4Se6/c5-1-6-3-8-2(5)9-4(7-1)10-3/h1-4H. The molecule has 4 aliphatic heterocycles.